The third-order valence-electron chi connectivity index (χ3n) is 11.3. The maximum atomic E-state index is 13.5. The molecule has 0 fully saturated rings. The molecule has 30 nitrogen and oxygen atoms in total. The van der Waals surface area contributed by atoms with Crippen LogP contribution in [-0.2, 0) is 66.7 Å². The second-order valence-electron chi connectivity index (χ2n) is 17.4. The lowest BCUT2D eigenvalue weighted by Gasteiger charge is -2.40. The molecular formula is C46H80N10O20. The number of nitrogens with two attached hydrogens (primary N) is 4. The Hall–Kier alpha value is -5.96. The van der Waals surface area contributed by atoms with Crippen LogP contribution in [0.3, 0.4) is 0 Å². The topological polar surface area (TPSA) is 466 Å². The Balaban J connectivity index is 2.02. The predicted molar refractivity (Wildman–Crippen MR) is 267 cm³/mol. The molecule has 0 saturated heterocycles. The van der Waals surface area contributed by atoms with E-state index in [0.29, 0.717) is 45.9 Å². The van der Waals surface area contributed by atoms with Crippen molar-refractivity contribution in [3.8, 4) is 0 Å². The first-order valence-electron chi connectivity index (χ1n) is 24.9. The van der Waals surface area contributed by atoms with Crippen molar-refractivity contribution in [2.45, 2.75) is 108 Å². The van der Waals surface area contributed by atoms with Crippen LogP contribution in [0, 0.1) is 5.92 Å². The van der Waals surface area contributed by atoms with Crippen LogP contribution in [0.2, 0.25) is 0 Å². The summed E-state index contributed by atoms with van der Waals surface area (Å²) < 4.78 is 44.5. The van der Waals surface area contributed by atoms with Crippen LogP contribution in [0.4, 0.5) is 0 Å². The number of aliphatic imine (C=N–C) groups is 2. The standard InChI is InChI=1S/C46H80N10O20/c1-4-13-69-15-17-71-19-20-72-18-16-70-14-8-37(64)56(12-7-10-52-36(63)25-73-40(31(60)23-57)39-27(2)29(54-45(47)48)21-33(75-39)43(65)66)11-6-5-9-51-35(62)26-74-41(32(61)24-58)42-38(53-28(3)59)30(55-46(49)50)22-34(76-42)44(67)68/h21-22,27,29-32,38-42,57-58,60-61H,4-20,23-26H2,1-3H3,(H,51,62)(H,52,63)(H,53,59)(H,65,66)(H,67,68)(H4,47,48,54)(H4,49,50,55)/t27-,29+,30+,31-,32-,38-,39-,40-,41-,42-/m1/s1. The molecule has 0 saturated carbocycles. The third-order valence-corrected chi connectivity index (χ3v) is 11.3. The van der Waals surface area contributed by atoms with Gasteiger partial charge >= 0.3 is 11.9 Å². The maximum Gasteiger partial charge on any atom is 0.370 e. The highest BCUT2D eigenvalue weighted by Crippen LogP contribution is 2.31. The van der Waals surface area contributed by atoms with Crippen LogP contribution in [0.5, 0.6) is 0 Å². The minimum atomic E-state index is -1.73. The van der Waals surface area contributed by atoms with Gasteiger partial charge in [-0.05, 0) is 37.8 Å². The van der Waals surface area contributed by atoms with Gasteiger partial charge in [0.2, 0.25) is 35.1 Å². The van der Waals surface area contributed by atoms with Crippen molar-refractivity contribution in [1.29, 1.82) is 0 Å². The van der Waals surface area contributed by atoms with Gasteiger partial charge in [0.25, 0.3) is 0 Å². The lowest BCUT2D eigenvalue weighted by molar-refractivity contribution is -0.160. The highest BCUT2D eigenvalue weighted by Gasteiger charge is 2.46. The van der Waals surface area contributed by atoms with Gasteiger partial charge in [-0.15, -0.1) is 0 Å². The summed E-state index contributed by atoms with van der Waals surface area (Å²) in [5.41, 5.74) is 22.2. The van der Waals surface area contributed by atoms with Gasteiger partial charge in [-0.2, -0.15) is 0 Å². The molecule has 2 aliphatic rings. The van der Waals surface area contributed by atoms with Crippen molar-refractivity contribution in [2.75, 3.05) is 105 Å². The number of aliphatic carboxylic acids is 2. The number of carbonyl (C=O) groups excluding carboxylic acids is 4. The third kappa shape index (κ3) is 25.3. The zero-order valence-electron chi connectivity index (χ0n) is 43.3. The van der Waals surface area contributed by atoms with E-state index < -0.39 is 134 Å². The van der Waals surface area contributed by atoms with Gasteiger partial charge in [0.15, 0.2) is 18.0 Å². The minimum Gasteiger partial charge on any atom is -0.480 e. The SMILES string of the molecule is CCCOCCOCCOCCOCCC(=O)N(CCCCNC(=O)CO[C@@H]([C@@H]1OC(C(=O)O)=C[C@H](N=C(N)N)[C@H]1NC(C)=O)[C@H](O)CO)CCCNC(=O)CO[C@@H]([C@@H]1OC(C(=O)O)=C[C@H](N=C(N)N)[C@H]1C)[C@H](O)CO. The Labute approximate surface area is 440 Å². The largest absolute Gasteiger partial charge is 0.480 e. The number of nitrogens with one attached hydrogen (secondary N) is 3. The van der Waals surface area contributed by atoms with Crippen molar-refractivity contribution < 1.29 is 97.3 Å². The van der Waals surface area contributed by atoms with Gasteiger partial charge < -0.3 is 112 Å². The number of nitrogens with zero attached hydrogens (tertiary/aromatic N) is 3. The molecule has 10 atom stereocenters. The molecule has 17 N–H and O–H groups in total. The first-order valence-corrected chi connectivity index (χ1v) is 24.9. The van der Waals surface area contributed by atoms with Gasteiger partial charge in [-0.1, -0.05) is 13.8 Å². The molecule has 2 aliphatic heterocycles. The van der Waals surface area contributed by atoms with Crippen LogP contribution >= 0.6 is 0 Å². The fraction of sp³-hybridized carbons (Fsp3) is 0.739. The van der Waals surface area contributed by atoms with Crippen LogP contribution in [-0.4, -0.2) is 243 Å². The second kappa shape index (κ2) is 36.9. The quantitative estimate of drug-likeness (QED) is 0.0155. The molecule has 434 valence electrons. The van der Waals surface area contributed by atoms with Crippen molar-refractivity contribution in [2.24, 2.45) is 38.8 Å². The number of unbranched alkanes of at least 4 members (excludes halogenated alkanes) is 1. The van der Waals surface area contributed by atoms with Crippen molar-refractivity contribution in [1.82, 2.24) is 20.9 Å². The van der Waals surface area contributed by atoms with E-state index in [-0.39, 0.29) is 70.7 Å². The average Bonchev–Trinajstić information content (AvgIpc) is 3.36. The summed E-state index contributed by atoms with van der Waals surface area (Å²) in [7, 11) is 0. The van der Waals surface area contributed by atoms with E-state index in [1.54, 1.807) is 11.8 Å². The fourth-order valence-corrected chi connectivity index (χ4v) is 7.65. The van der Waals surface area contributed by atoms with Gasteiger partial charge in [-0.25, -0.2) is 19.6 Å². The summed E-state index contributed by atoms with van der Waals surface area (Å²) in [5.74, 6) is -7.79. The van der Waals surface area contributed by atoms with Gasteiger partial charge in [0, 0.05) is 45.6 Å². The molecule has 30 heteroatoms. The highest BCUT2D eigenvalue weighted by atomic mass is 16.6. The van der Waals surface area contributed by atoms with E-state index in [1.807, 2.05) is 6.92 Å². The number of guanidine groups is 2. The van der Waals surface area contributed by atoms with E-state index in [9.17, 15) is 59.4 Å². The second-order valence-corrected chi connectivity index (χ2v) is 17.4. The molecule has 0 aromatic carbocycles. The van der Waals surface area contributed by atoms with Crippen LogP contribution < -0.4 is 38.9 Å². The molecule has 4 amide bonds. The number of carboxylic acid groups (broad SMARTS) is 2. The molecule has 76 heavy (non-hydrogen) atoms. The Bertz CT molecular complexity index is 1920. The number of ether oxygens (including phenoxy) is 8. The number of carboxylic acids is 2. The van der Waals surface area contributed by atoms with E-state index in [2.05, 4.69) is 25.9 Å². The number of aliphatic hydroxyl groups excluding tert-OH is 4. The average molecular weight is 1090 g/mol. The molecule has 2 rings (SSSR count). The van der Waals surface area contributed by atoms with E-state index in [1.165, 1.54) is 6.08 Å². The lowest BCUT2D eigenvalue weighted by atomic mass is 9.87. The molecule has 0 unspecified atom stereocenters. The summed E-state index contributed by atoms with van der Waals surface area (Å²) in [6.07, 6.45) is -4.84. The minimum absolute atomic E-state index is 0.0129. The zero-order chi connectivity index (χ0) is 56.6. The summed E-state index contributed by atoms with van der Waals surface area (Å²) >= 11 is 0. The molecule has 2 heterocycles. The summed E-state index contributed by atoms with van der Waals surface area (Å²) in [5, 5.41) is 68.2. The molecular weight excluding hydrogens is 1010 g/mol. The van der Waals surface area contributed by atoms with E-state index >= 15 is 0 Å². The maximum absolute atomic E-state index is 13.5. The van der Waals surface area contributed by atoms with Gasteiger partial charge in [0.05, 0.1) is 84.0 Å². The number of rotatable bonds is 40. The Morgan fingerprint density at radius 2 is 1.12 bits per heavy atom. The summed E-state index contributed by atoms with van der Waals surface area (Å²) in [6.45, 7) is 5.24. The zero-order valence-corrected chi connectivity index (χ0v) is 43.3. The first kappa shape index (κ1) is 66.2. The van der Waals surface area contributed by atoms with Crippen LogP contribution in [0.15, 0.2) is 33.7 Å². The number of hydrogen-bond acceptors (Lipinski definition) is 20. The molecule has 0 aromatic heterocycles. The van der Waals surface area contributed by atoms with Gasteiger partial charge in [0.1, 0.15) is 43.7 Å². The normalized spacial score (nSPS) is 20.7. The first-order chi connectivity index (χ1) is 36.2. The number of aliphatic hydroxyl groups is 4. The van der Waals surface area contributed by atoms with Crippen molar-refractivity contribution >= 4 is 47.5 Å². The number of amides is 4. The number of hydrogen-bond donors (Lipinski definition) is 13. The van der Waals surface area contributed by atoms with E-state index in [0.717, 1.165) is 19.4 Å². The molecule has 0 bridgehead atoms. The van der Waals surface area contributed by atoms with Crippen molar-refractivity contribution in [3.63, 3.8) is 0 Å². The lowest BCUT2D eigenvalue weighted by Crippen LogP contribution is -2.60. The van der Waals surface area contributed by atoms with Crippen LogP contribution in [0.1, 0.15) is 52.9 Å². The van der Waals surface area contributed by atoms with Gasteiger partial charge in [-0.3, -0.25) is 19.2 Å². The summed E-state index contributed by atoms with van der Waals surface area (Å²) in [6, 6.07) is -3.32. The monoisotopic (exact) mass is 1090 g/mol. The van der Waals surface area contributed by atoms with Crippen LogP contribution in [0.25, 0.3) is 0 Å². The molecule has 0 spiro atoms. The Kier molecular flexibility index (Phi) is 32.1. The predicted octanol–water partition coefficient (Wildman–Crippen LogP) is -5.28. The van der Waals surface area contributed by atoms with E-state index in [4.69, 9.17) is 60.8 Å². The van der Waals surface area contributed by atoms with Crippen molar-refractivity contribution in [3.05, 3.63) is 23.7 Å². The molecule has 0 radical (unpaired) electrons. The Morgan fingerprint density at radius 1 is 0.671 bits per heavy atom. The molecule has 0 aliphatic carbocycles. The number of carbonyl (C=O) groups is 6. The molecule has 0 aromatic rings. The summed E-state index contributed by atoms with van der Waals surface area (Å²) in [4.78, 5) is 84.9. The fourth-order valence-electron chi connectivity index (χ4n) is 7.65. The smallest absolute Gasteiger partial charge is 0.370 e. The highest BCUT2D eigenvalue weighted by molar-refractivity contribution is 5.86. The Morgan fingerprint density at radius 3 is 1.61 bits per heavy atom.